The lowest BCUT2D eigenvalue weighted by molar-refractivity contribution is -0.140. The van der Waals surface area contributed by atoms with Crippen molar-refractivity contribution in [2.24, 2.45) is 0 Å². The summed E-state index contributed by atoms with van der Waals surface area (Å²) in [5.41, 5.74) is 0.641. The molecule has 1 saturated heterocycles. The number of aliphatic carboxylic acids is 1. The summed E-state index contributed by atoms with van der Waals surface area (Å²) >= 11 is 6.34. The number of benzene rings is 2. The highest BCUT2D eigenvalue weighted by Gasteiger charge is 2.35. The van der Waals surface area contributed by atoms with Crippen LogP contribution >= 0.6 is 11.6 Å². The minimum atomic E-state index is -1.32. The van der Waals surface area contributed by atoms with Gasteiger partial charge in [-0.25, -0.2) is 14.1 Å². The Kier molecular flexibility index (Phi) is 6.76. The molecule has 0 unspecified atom stereocenters. The van der Waals surface area contributed by atoms with E-state index in [1.165, 1.54) is 18.2 Å². The molecule has 0 aliphatic carbocycles. The number of nitrogens with one attached hydrogen (secondary N) is 1. The van der Waals surface area contributed by atoms with Gasteiger partial charge in [-0.3, -0.25) is 9.59 Å². The number of amides is 3. The van der Waals surface area contributed by atoms with Crippen molar-refractivity contribution in [3.63, 3.8) is 0 Å². The summed E-state index contributed by atoms with van der Waals surface area (Å²) in [6.45, 7) is 1.21. The van der Waals surface area contributed by atoms with E-state index in [0.717, 1.165) is 0 Å². The highest BCUT2D eigenvalue weighted by molar-refractivity contribution is 6.32. The number of hydrogen-bond acceptors (Lipinski definition) is 5. The Bertz CT molecular complexity index is 1070. The summed E-state index contributed by atoms with van der Waals surface area (Å²) in [4.78, 5) is 35.5. The van der Waals surface area contributed by atoms with Gasteiger partial charge in [-0.05, 0) is 36.8 Å². The standard InChI is InChI=1S/C21H18ClFN2O6/c1-2-30-17-9-12(8-16-20(28)25(10-18(26)27)21(29)24-16)7-14(22)19(17)31-11-13-5-3-4-6-15(13)23/h3-9H,2,10-11H2,1H3,(H,24,29)(H,26,27)/b16-8+. The summed E-state index contributed by atoms with van der Waals surface area (Å²) in [5.74, 6) is -2.05. The Labute approximate surface area is 181 Å². The molecular weight excluding hydrogens is 431 g/mol. The molecule has 2 aromatic carbocycles. The quantitative estimate of drug-likeness (QED) is 0.473. The van der Waals surface area contributed by atoms with E-state index < -0.39 is 30.3 Å². The summed E-state index contributed by atoms with van der Waals surface area (Å²) in [5, 5.41) is 11.3. The zero-order valence-corrected chi connectivity index (χ0v) is 17.1. The average molecular weight is 449 g/mol. The molecule has 0 atom stereocenters. The molecule has 162 valence electrons. The number of carboxylic acids is 1. The van der Waals surface area contributed by atoms with Gasteiger partial charge in [-0.2, -0.15) is 0 Å². The van der Waals surface area contributed by atoms with E-state index in [-0.39, 0.29) is 35.4 Å². The van der Waals surface area contributed by atoms with E-state index in [1.807, 2.05) is 0 Å². The third-order valence-electron chi connectivity index (χ3n) is 4.23. The summed E-state index contributed by atoms with van der Waals surface area (Å²) in [7, 11) is 0. The van der Waals surface area contributed by atoms with Gasteiger partial charge in [0.2, 0.25) is 0 Å². The minimum absolute atomic E-state index is 0.0778. The smallest absolute Gasteiger partial charge is 0.329 e. The van der Waals surface area contributed by atoms with Gasteiger partial charge in [0.15, 0.2) is 11.5 Å². The molecule has 2 aromatic rings. The third kappa shape index (κ3) is 5.13. The number of nitrogens with zero attached hydrogens (tertiary/aromatic N) is 1. The van der Waals surface area contributed by atoms with Gasteiger partial charge in [0.1, 0.15) is 24.7 Å². The summed E-state index contributed by atoms with van der Waals surface area (Å²) in [6.07, 6.45) is 1.34. The lowest BCUT2D eigenvalue weighted by atomic mass is 10.1. The number of carboxylic acid groups (broad SMARTS) is 1. The van der Waals surface area contributed by atoms with E-state index in [4.69, 9.17) is 26.2 Å². The van der Waals surface area contributed by atoms with Crippen LogP contribution in [0.25, 0.3) is 6.08 Å². The normalized spacial score (nSPS) is 14.7. The second-order valence-corrected chi connectivity index (χ2v) is 6.82. The molecule has 1 aliphatic heterocycles. The maximum Gasteiger partial charge on any atom is 0.329 e. The van der Waals surface area contributed by atoms with E-state index >= 15 is 0 Å². The number of carbonyl (C=O) groups is 3. The molecule has 0 saturated carbocycles. The summed E-state index contributed by atoms with van der Waals surface area (Å²) in [6, 6.07) is 8.34. The molecule has 0 aromatic heterocycles. The van der Waals surface area contributed by atoms with Crippen LogP contribution in [0.3, 0.4) is 0 Å². The van der Waals surface area contributed by atoms with Crippen LogP contribution in [-0.2, 0) is 16.2 Å². The van der Waals surface area contributed by atoms with Crippen LogP contribution in [0.15, 0.2) is 42.1 Å². The fourth-order valence-corrected chi connectivity index (χ4v) is 3.13. The third-order valence-corrected chi connectivity index (χ3v) is 4.51. The molecule has 2 N–H and O–H groups in total. The van der Waals surface area contributed by atoms with E-state index in [1.54, 1.807) is 31.2 Å². The summed E-state index contributed by atoms with van der Waals surface area (Å²) < 4.78 is 25.1. The van der Waals surface area contributed by atoms with Crippen molar-refractivity contribution >= 4 is 35.6 Å². The molecule has 1 aliphatic rings. The number of carbonyl (C=O) groups excluding carboxylic acids is 2. The number of imide groups is 1. The predicted octanol–water partition coefficient (Wildman–Crippen LogP) is 3.43. The van der Waals surface area contributed by atoms with E-state index in [0.29, 0.717) is 16.0 Å². The van der Waals surface area contributed by atoms with Gasteiger partial charge in [-0.15, -0.1) is 0 Å². The van der Waals surface area contributed by atoms with Crippen molar-refractivity contribution in [2.45, 2.75) is 13.5 Å². The van der Waals surface area contributed by atoms with Crippen LogP contribution in [0.5, 0.6) is 11.5 Å². The number of urea groups is 1. The highest BCUT2D eigenvalue weighted by atomic mass is 35.5. The van der Waals surface area contributed by atoms with Crippen LogP contribution < -0.4 is 14.8 Å². The van der Waals surface area contributed by atoms with E-state index in [2.05, 4.69) is 5.32 Å². The molecule has 0 spiro atoms. The van der Waals surface area contributed by atoms with Gasteiger partial charge in [-0.1, -0.05) is 29.8 Å². The molecule has 8 nitrogen and oxygen atoms in total. The second-order valence-electron chi connectivity index (χ2n) is 6.42. The van der Waals surface area contributed by atoms with Crippen molar-refractivity contribution in [2.75, 3.05) is 13.2 Å². The molecular formula is C21H18ClFN2O6. The van der Waals surface area contributed by atoms with Crippen molar-refractivity contribution in [1.29, 1.82) is 0 Å². The molecule has 0 radical (unpaired) electrons. The first-order chi connectivity index (χ1) is 14.8. The number of rotatable bonds is 8. The largest absolute Gasteiger partial charge is 0.490 e. The van der Waals surface area contributed by atoms with Crippen molar-refractivity contribution < 1.29 is 33.4 Å². The predicted molar refractivity (Wildman–Crippen MR) is 109 cm³/mol. The fourth-order valence-electron chi connectivity index (χ4n) is 2.86. The van der Waals surface area contributed by atoms with Gasteiger partial charge in [0.05, 0.1) is 11.6 Å². The number of halogens is 2. The van der Waals surface area contributed by atoms with Gasteiger partial charge in [0.25, 0.3) is 5.91 Å². The Hall–Kier alpha value is -3.59. The van der Waals surface area contributed by atoms with E-state index in [9.17, 15) is 18.8 Å². The molecule has 31 heavy (non-hydrogen) atoms. The molecule has 0 bridgehead atoms. The second kappa shape index (κ2) is 9.48. The van der Waals surface area contributed by atoms with Gasteiger partial charge < -0.3 is 19.9 Å². The van der Waals surface area contributed by atoms with Crippen molar-refractivity contribution in [3.05, 3.63) is 64.1 Å². The topological polar surface area (TPSA) is 105 Å². The zero-order valence-electron chi connectivity index (χ0n) is 16.4. The number of hydrogen-bond donors (Lipinski definition) is 2. The van der Waals surface area contributed by atoms with Crippen LogP contribution in [0.2, 0.25) is 5.02 Å². The first kappa shape index (κ1) is 22.1. The van der Waals surface area contributed by atoms with Crippen molar-refractivity contribution in [1.82, 2.24) is 10.2 Å². The zero-order chi connectivity index (χ0) is 22.5. The van der Waals surface area contributed by atoms with Crippen LogP contribution in [0.1, 0.15) is 18.1 Å². The molecule has 3 rings (SSSR count). The van der Waals surface area contributed by atoms with Crippen LogP contribution in [0.4, 0.5) is 9.18 Å². The Morgan fingerprint density at radius 3 is 2.68 bits per heavy atom. The van der Waals surface area contributed by atoms with Crippen molar-refractivity contribution in [3.8, 4) is 11.5 Å². The minimum Gasteiger partial charge on any atom is -0.490 e. The Balaban J connectivity index is 1.87. The Morgan fingerprint density at radius 2 is 2.00 bits per heavy atom. The average Bonchev–Trinajstić information content (AvgIpc) is 2.96. The SMILES string of the molecule is CCOc1cc(/C=C2/NC(=O)N(CC(=O)O)C2=O)cc(Cl)c1OCc1ccccc1F. The van der Waals surface area contributed by atoms with Gasteiger partial charge in [0, 0.05) is 5.56 Å². The maximum atomic E-state index is 13.9. The van der Waals surface area contributed by atoms with Gasteiger partial charge >= 0.3 is 12.0 Å². The van der Waals surface area contributed by atoms with Crippen LogP contribution in [0, 0.1) is 5.82 Å². The first-order valence-electron chi connectivity index (χ1n) is 9.19. The molecule has 3 amide bonds. The Morgan fingerprint density at radius 1 is 1.26 bits per heavy atom. The van der Waals surface area contributed by atoms with Crippen LogP contribution in [-0.4, -0.2) is 41.1 Å². The molecule has 1 heterocycles. The number of ether oxygens (including phenoxy) is 2. The fraction of sp³-hybridized carbons (Fsp3) is 0.190. The first-order valence-corrected chi connectivity index (χ1v) is 9.56. The molecule has 1 fully saturated rings. The lowest BCUT2D eigenvalue weighted by Gasteiger charge is -2.15. The highest BCUT2D eigenvalue weighted by Crippen LogP contribution is 2.38. The lowest BCUT2D eigenvalue weighted by Crippen LogP contribution is -2.35. The maximum absolute atomic E-state index is 13.9. The monoisotopic (exact) mass is 448 g/mol. The molecule has 10 heteroatoms.